The smallest absolute Gasteiger partial charge is 0.0951 e. The van der Waals surface area contributed by atoms with Crippen molar-refractivity contribution < 1.29 is 0 Å². The summed E-state index contributed by atoms with van der Waals surface area (Å²) in [5.41, 5.74) is 2.57. The molecule has 0 radical (unpaired) electrons. The summed E-state index contributed by atoms with van der Waals surface area (Å²) in [4.78, 5) is 8.39. The summed E-state index contributed by atoms with van der Waals surface area (Å²) >= 11 is 3.66. The largest absolute Gasteiger partial charge is 0.329 e. The lowest BCUT2D eigenvalue weighted by atomic mass is 10.1. The van der Waals surface area contributed by atoms with Gasteiger partial charge in [0.1, 0.15) is 0 Å². The van der Waals surface area contributed by atoms with Gasteiger partial charge in [0.15, 0.2) is 0 Å². The Morgan fingerprint density at radius 2 is 1.83 bits per heavy atom. The summed E-state index contributed by atoms with van der Waals surface area (Å²) < 4.78 is 2.25. The van der Waals surface area contributed by atoms with Gasteiger partial charge in [-0.1, -0.05) is 36.4 Å². The second-order valence-electron chi connectivity index (χ2n) is 5.42. The number of hydrogen-bond acceptors (Lipinski definition) is 3. The Kier molecular flexibility index (Phi) is 4.09. The first kappa shape index (κ1) is 14.4. The Morgan fingerprint density at radius 3 is 2.65 bits per heavy atom. The molecule has 0 fully saturated rings. The average molecular weight is 336 g/mol. The van der Waals surface area contributed by atoms with Crippen molar-refractivity contribution in [2.24, 2.45) is 0 Å². The molecule has 114 valence electrons. The molecule has 0 unspecified atom stereocenters. The number of benzene rings is 1. The Morgan fingerprint density at radius 1 is 0.913 bits per heavy atom. The van der Waals surface area contributed by atoms with Crippen LogP contribution in [0, 0.1) is 0 Å². The summed E-state index contributed by atoms with van der Waals surface area (Å²) in [5, 5.41) is 2.13. The van der Waals surface area contributed by atoms with Crippen LogP contribution < -0.4 is 0 Å². The Bertz CT molecular complexity index is 873. The van der Waals surface area contributed by atoms with E-state index in [9.17, 15) is 0 Å². The van der Waals surface area contributed by atoms with Crippen molar-refractivity contribution in [2.45, 2.75) is 13.0 Å². The van der Waals surface area contributed by atoms with Crippen LogP contribution in [0.15, 0.2) is 72.5 Å². The van der Waals surface area contributed by atoms with Gasteiger partial charge in [-0.05, 0) is 29.1 Å². The van der Waals surface area contributed by atoms with Crippen molar-refractivity contribution in [3.8, 4) is 9.75 Å². The van der Waals surface area contributed by atoms with Crippen LogP contribution in [0.3, 0.4) is 0 Å². The lowest BCUT2D eigenvalue weighted by molar-refractivity contribution is 0.763. The highest BCUT2D eigenvalue weighted by molar-refractivity contribution is 7.21. The average Bonchev–Trinajstić information content (AvgIpc) is 3.31. The van der Waals surface area contributed by atoms with Gasteiger partial charge in [0, 0.05) is 32.9 Å². The van der Waals surface area contributed by atoms with Crippen LogP contribution in [0.5, 0.6) is 0 Å². The van der Waals surface area contributed by atoms with E-state index in [2.05, 4.69) is 69.5 Å². The standard InChI is InChI=1S/C19H16N2S2/c1-2-5-15(6-3-1)11-16-12-20-14-21(16)13-17-8-9-19(23-17)18-7-4-10-22-18/h1-10,12,14H,11,13H2. The molecular weight excluding hydrogens is 320 g/mol. The molecule has 23 heavy (non-hydrogen) atoms. The van der Waals surface area contributed by atoms with E-state index in [1.807, 2.05) is 23.9 Å². The number of nitrogens with zero attached hydrogens (tertiary/aromatic N) is 2. The molecule has 0 atom stereocenters. The van der Waals surface area contributed by atoms with E-state index in [1.54, 1.807) is 11.3 Å². The zero-order chi connectivity index (χ0) is 15.5. The number of thiophene rings is 2. The Labute approximate surface area is 143 Å². The molecule has 4 rings (SSSR count). The molecule has 3 heterocycles. The van der Waals surface area contributed by atoms with Gasteiger partial charge in [-0.3, -0.25) is 0 Å². The maximum absolute atomic E-state index is 4.34. The van der Waals surface area contributed by atoms with Crippen LogP contribution in [0.1, 0.15) is 16.1 Å². The number of hydrogen-bond donors (Lipinski definition) is 0. The molecule has 0 bridgehead atoms. The highest BCUT2D eigenvalue weighted by Gasteiger charge is 2.07. The fourth-order valence-electron chi connectivity index (χ4n) is 2.62. The lowest BCUT2D eigenvalue weighted by Crippen LogP contribution is -2.02. The van der Waals surface area contributed by atoms with Crippen LogP contribution >= 0.6 is 22.7 Å². The summed E-state index contributed by atoms with van der Waals surface area (Å²) in [7, 11) is 0. The zero-order valence-corrected chi connectivity index (χ0v) is 14.2. The van der Waals surface area contributed by atoms with Gasteiger partial charge in [-0.2, -0.15) is 0 Å². The third kappa shape index (κ3) is 3.28. The SMILES string of the molecule is c1ccc(Cc2cncn2Cc2ccc(-c3cccs3)s2)cc1. The minimum Gasteiger partial charge on any atom is -0.329 e. The van der Waals surface area contributed by atoms with Gasteiger partial charge < -0.3 is 4.57 Å². The third-order valence-electron chi connectivity index (χ3n) is 3.78. The number of rotatable bonds is 5. The fourth-order valence-corrected chi connectivity index (χ4v) is 4.47. The quantitative estimate of drug-likeness (QED) is 0.483. The van der Waals surface area contributed by atoms with E-state index in [-0.39, 0.29) is 0 Å². The van der Waals surface area contributed by atoms with E-state index in [0.717, 1.165) is 13.0 Å². The van der Waals surface area contributed by atoms with Crippen LogP contribution in [0.2, 0.25) is 0 Å². The Balaban J connectivity index is 1.53. The third-order valence-corrected chi connectivity index (χ3v) is 5.91. The van der Waals surface area contributed by atoms with Crippen molar-refractivity contribution >= 4 is 22.7 Å². The van der Waals surface area contributed by atoms with Crippen LogP contribution in [-0.4, -0.2) is 9.55 Å². The monoisotopic (exact) mass is 336 g/mol. The minimum absolute atomic E-state index is 0.887. The zero-order valence-electron chi connectivity index (χ0n) is 12.6. The van der Waals surface area contributed by atoms with Gasteiger partial charge in [-0.15, -0.1) is 22.7 Å². The maximum atomic E-state index is 4.34. The summed E-state index contributed by atoms with van der Waals surface area (Å²) in [6.45, 7) is 0.887. The van der Waals surface area contributed by atoms with Gasteiger partial charge in [0.2, 0.25) is 0 Å². The molecule has 4 aromatic rings. The van der Waals surface area contributed by atoms with Crippen LogP contribution in [0.25, 0.3) is 9.75 Å². The molecule has 0 saturated heterocycles. The predicted molar refractivity (Wildman–Crippen MR) is 98.2 cm³/mol. The molecule has 0 aliphatic rings. The van der Waals surface area contributed by atoms with Crippen molar-refractivity contribution in [2.75, 3.05) is 0 Å². The van der Waals surface area contributed by atoms with Gasteiger partial charge in [0.05, 0.1) is 12.9 Å². The van der Waals surface area contributed by atoms with Crippen molar-refractivity contribution in [3.63, 3.8) is 0 Å². The maximum Gasteiger partial charge on any atom is 0.0951 e. The van der Waals surface area contributed by atoms with Crippen molar-refractivity contribution in [3.05, 3.63) is 88.6 Å². The molecule has 3 aromatic heterocycles. The van der Waals surface area contributed by atoms with Gasteiger partial charge in [-0.25, -0.2) is 4.98 Å². The predicted octanol–water partition coefficient (Wildman–Crippen LogP) is 5.31. The molecule has 1 aromatic carbocycles. The molecule has 0 amide bonds. The lowest BCUT2D eigenvalue weighted by Gasteiger charge is -2.07. The number of imidazole rings is 1. The normalized spacial score (nSPS) is 11.0. The van der Waals surface area contributed by atoms with Crippen LogP contribution in [0.4, 0.5) is 0 Å². The van der Waals surface area contributed by atoms with E-state index in [4.69, 9.17) is 0 Å². The second kappa shape index (κ2) is 6.52. The molecular formula is C19H16N2S2. The first-order chi connectivity index (χ1) is 11.4. The van der Waals surface area contributed by atoms with Crippen molar-refractivity contribution in [1.82, 2.24) is 9.55 Å². The molecule has 2 nitrogen and oxygen atoms in total. The highest BCUT2D eigenvalue weighted by atomic mass is 32.1. The first-order valence-corrected chi connectivity index (χ1v) is 9.23. The Hall–Kier alpha value is -2.17. The molecule has 0 saturated carbocycles. The highest BCUT2D eigenvalue weighted by Crippen LogP contribution is 2.31. The number of aromatic nitrogens is 2. The minimum atomic E-state index is 0.887. The van der Waals surface area contributed by atoms with Crippen molar-refractivity contribution in [1.29, 1.82) is 0 Å². The molecule has 0 aliphatic carbocycles. The first-order valence-electron chi connectivity index (χ1n) is 7.54. The topological polar surface area (TPSA) is 17.8 Å². The van der Waals surface area contributed by atoms with E-state index < -0.39 is 0 Å². The van der Waals surface area contributed by atoms with Gasteiger partial charge >= 0.3 is 0 Å². The molecule has 0 N–H and O–H groups in total. The van der Waals surface area contributed by atoms with E-state index >= 15 is 0 Å². The van der Waals surface area contributed by atoms with Gasteiger partial charge in [0.25, 0.3) is 0 Å². The van der Waals surface area contributed by atoms with Crippen LogP contribution in [-0.2, 0) is 13.0 Å². The molecule has 4 heteroatoms. The van der Waals surface area contributed by atoms with E-state index in [1.165, 1.54) is 25.9 Å². The van der Waals surface area contributed by atoms with E-state index in [0.29, 0.717) is 0 Å². The summed E-state index contributed by atoms with van der Waals surface area (Å²) in [6.07, 6.45) is 4.83. The molecule has 0 aliphatic heterocycles. The molecule has 0 spiro atoms. The fraction of sp³-hybridized carbons (Fsp3) is 0.105. The second-order valence-corrected chi connectivity index (χ2v) is 7.53. The summed E-state index contributed by atoms with van der Waals surface area (Å²) in [6, 6.07) is 19.3. The summed E-state index contributed by atoms with van der Waals surface area (Å²) in [5.74, 6) is 0.